The van der Waals surface area contributed by atoms with Crippen molar-refractivity contribution in [3.05, 3.63) is 0 Å². The minimum absolute atomic E-state index is 0.339. The normalized spacial score (nSPS) is 26.5. The summed E-state index contributed by atoms with van der Waals surface area (Å²) in [5.74, 6) is 1.74. The number of amides is 1. The van der Waals surface area contributed by atoms with Gasteiger partial charge in [-0.15, -0.1) is 0 Å². The third-order valence-electron chi connectivity index (χ3n) is 3.28. The van der Waals surface area contributed by atoms with E-state index < -0.39 is 0 Å². The van der Waals surface area contributed by atoms with Crippen LogP contribution in [0.1, 0.15) is 25.7 Å². The average Bonchev–Trinajstić information content (AvgIpc) is 2.81. The van der Waals surface area contributed by atoms with E-state index >= 15 is 0 Å². The molecule has 0 radical (unpaired) electrons. The highest BCUT2D eigenvalue weighted by atomic mass is 16.2. The summed E-state index contributed by atoms with van der Waals surface area (Å²) in [6.45, 7) is 3.10. The Hall–Kier alpha value is -0.570. The number of rotatable bonds is 4. The highest BCUT2D eigenvalue weighted by Gasteiger charge is 2.26. The van der Waals surface area contributed by atoms with Gasteiger partial charge in [-0.25, -0.2) is 0 Å². The van der Waals surface area contributed by atoms with Gasteiger partial charge in [0.1, 0.15) is 0 Å². The van der Waals surface area contributed by atoms with Gasteiger partial charge in [-0.2, -0.15) is 0 Å². The Kier molecular flexibility index (Phi) is 3.06. The molecule has 2 fully saturated rings. The van der Waals surface area contributed by atoms with Crippen LogP contribution in [0, 0.1) is 11.8 Å². The zero-order valence-electron chi connectivity index (χ0n) is 8.96. The molecular weight excluding hydrogens is 176 g/mol. The van der Waals surface area contributed by atoms with E-state index in [4.69, 9.17) is 0 Å². The van der Waals surface area contributed by atoms with Crippen molar-refractivity contribution < 1.29 is 4.79 Å². The lowest BCUT2D eigenvalue weighted by atomic mass is 10.0. The predicted octanol–water partition coefficient (Wildman–Crippen LogP) is 0.854. The first kappa shape index (κ1) is 9.97. The number of carbonyl (C=O) groups is 1. The number of nitrogens with zero attached hydrogens (tertiary/aromatic N) is 1. The van der Waals surface area contributed by atoms with E-state index in [1.54, 1.807) is 0 Å². The fourth-order valence-corrected chi connectivity index (χ4v) is 2.08. The van der Waals surface area contributed by atoms with Crippen LogP contribution in [0.4, 0.5) is 0 Å². The molecular formula is C11H20N2O. The van der Waals surface area contributed by atoms with E-state index in [1.165, 1.54) is 19.3 Å². The molecule has 1 amide bonds. The molecule has 1 saturated heterocycles. The van der Waals surface area contributed by atoms with Crippen LogP contribution in [0.15, 0.2) is 0 Å². The summed E-state index contributed by atoms with van der Waals surface area (Å²) in [6.07, 6.45) is 4.56. The minimum atomic E-state index is 0.339. The van der Waals surface area contributed by atoms with Gasteiger partial charge in [-0.1, -0.05) is 0 Å². The third-order valence-corrected chi connectivity index (χ3v) is 3.28. The van der Waals surface area contributed by atoms with Crippen molar-refractivity contribution >= 4 is 5.91 Å². The Morgan fingerprint density at radius 3 is 2.71 bits per heavy atom. The van der Waals surface area contributed by atoms with E-state index in [9.17, 15) is 4.79 Å². The Morgan fingerprint density at radius 1 is 1.36 bits per heavy atom. The van der Waals surface area contributed by atoms with Crippen LogP contribution in [0.3, 0.4) is 0 Å². The third kappa shape index (κ3) is 2.71. The van der Waals surface area contributed by atoms with Crippen molar-refractivity contribution in [2.45, 2.75) is 25.7 Å². The fourth-order valence-electron chi connectivity index (χ4n) is 2.08. The highest BCUT2D eigenvalue weighted by molar-refractivity contribution is 5.76. The minimum Gasteiger partial charge on any atom is -0.345 e. The second kappa shape index (κ2) is 4.30. The predicted molar refractivity (Wildman–Crippen MR) is 56.0 cm³/mol. The maximum atomic E-state index is 11.8. The molecule has 1 atom stereocenters. The summed E-state index contributed by atoms with van der Waals surface area (Å²) in [5.41, 5.74) is 0. The van der Waals surface area contributed by atoms with Crippen molar-refractivity contribution in [2.24, 2.45) is 11.8 Å². The topological polar surface area (TPSA) is 32.3 Å². The van der Waals surface area contributed by atoms with Crippen LogP contribution in [-0.4, -0.2) is 37.5 Å². The lowest BCUT2D eigenvalue weighted by Crippen LogP contribution is -2.30. The molecule has 2 rings (SSSR count). The second-order valence-electron chi connectivity index (χ2n) is 4.78. The van der Waals surface area contributed by atoms with E-state index in [1.807, 2.05) is 11.9 Å². The van der Waals surface area contributed by atoms with Crippen LogP contribution in [0.25, 0.3) is 0 Å². The van der Waals surface area contributed by atoms with Crippen LogP contribution in [0.5, 0.6) is 0 Å². The van der Waals surface area contributed by atoms with E-state index in [-0.39, 0.29) is 0 Å². The van der Waals surface area contributed by atoms with E-state index in [2.05, 4.69) is 5.32 Å². The van der Waals surface area contributed by atoms with Crippen molar-refractivity contribution in [3.63, 3.8) is 0 Å². The quantitative estimate of drug-likeness (QED) is 0.723. The Morgan fingerprint density at radius 2 is 2.14 bits per heavy atom. The maximum Gasteiger partial charge on any atom is 0.222 e. The zero-order valence-corrected chi connectivity index (χ0v) is 8.96. The van der Waals surface area contributed by atoms with Gasteiger partial charge in [0.2, 0.25) is 5.91 Å². The standard InChI is InChI=1S/C11H20N2O/c1-13(8-9-2-3-9)11(14)6-10-4-5-12-7-10/h9-10,12H,2-8H2,1H3. The molecule has 1 N–H and O–H groups in total. The Balaban J connectivity index is 1.69. The van der Waals surface area contributed by atoms with Gasteiger partial charge < -0.3 is 10.2 Å². The van der Waals surface area contributed by atoms with Crippen LogP contribution in [0.2, 0.25) is 0 Å². The molecule has 0 aromatic carbocycles. The molecule has 2 aliphatic rings. The van der Waals surface area contributed by atoms with Gasteiger partial charge in [-0.3, -0.25) is 4.79 Å². The maximum absolute atomic E-state index is 11.8. The molecule has 3 nitrogen and oxygen atoms in total. The largest absolute Gasteiger partial charge is 0.345 e. The van der Waals surface area contributed by atoms with E-state index in [0.29, 0.717) is 11.8 Å². The second-order valence-corrected chi connectivity index (χ2v) is 4.78. The summed E-state index contributed by atoms with van der Waals surface area (Å²) in [6, 6.07) is 0. The SMILES string of the molecule is CN(CC1CC1)C(=O)CC1CCNC1. The van der Waals surface area contributed by atoms with Gasteiger partial charge in [-0.05, 0) is 44.2 Å². The smallest absolute Gasteiger partial charge is 0.222 e. The summed E-state index contributed by atoms with van der Waals surface area (Å²) in [7, 11) is 1.95. The number of nitrogens with one attached hydrogen (secondary N) is 1. The fraction of sp³-hybridized carbons (Fsp3) is 0.909. The average molecular weight is 196 g/mol. The number of hydrogen-bond donors (Lipinski definition) is 1. The van der Waals surface area contributed by atoms with Crippen molar-refractivity contribution in [1.82, 2.24) is 10.2 Å². The van der Waals surface area contributed by atoms with Gasteiger partial charge in [0, 0.05) is 20.0 Å². The van der Waals surface area contributed by atoms with Gasteiger partial charge in [0.05, 0.1) is 0 Å². The lowest BCUT2D eigenvalue weighted by Gasteiger charge is -2.18. The first-order valence-corrected chi connectivity index (χ1v) is 5.70. The molecule has 1 aliphatic carbocycles. The highest BCUT2D eigenvalue weighted by Crippen LogP contribution is 2.29. The molecule has 1 unspecified atom stereocenters. The summed E-state index contributed by atoms with van der Waals surface area (Å²) < 4.78 is 0. The van der Waals surface area contributed by atoms with E-state index in [0.717, 1.165) is 32.0 Å². The van der Waals surface area contributed by atoms with Crippen molar-refractivity contribution in [2.75, 3.05) is 26.7 Å². The molecule has 0 aromatic rings. The van der Waals surface area contributed by atoms with Crippen molar-refractivity contribution in [1.29, 1.82) is 0 Å². The van der Waals surface area contributed by atoms with Crippen LogP contribution >= 0.6 is 0 Å². The molecule has 1 aliphatic heterocycles. The van der Waals surface area contributed by atoms with Crippen LogP contribution < -0.4 is 5.32 Å². The van der Waals surface area contributed by atoms with Crippen molar-refractivity contribution in [3.8, 4) is 0 Å². The van der Waals surface area contributed by atoms with Gasteiger partial charge >= 0.3 is 0 Å². The Bertz CT molecular complexity index is 207. The van der Waals surface area contributed by atoms with Gasteiger partial charge in [0.25, 0.3) is 0 Å². The molecule has 1 heterocycles. The van der Waals surface area contributed by atoms with Crippen LogP contribution in [-0.2, 0) is 4.79 Å². The molecule has 0 spiro atoms. The molecule has 1 saturated carbocycles. The first-order chi connectivity index (χ1) is 6.75. The molecule has 0 aromatic heterocycles. The lowest BCUT2D eigenvalue weighted by molar-refractivity contribution is -0.131. The monoisotopic (exact) mass is 196 g/mol. The summed E-state index contributed by atoms with van der Waals surface area (Å²) in [5, 5.41) is 3.30. The Labute approximate surface area is 85.8 Å². The number of hydrogen-bond acceptors (Lipinski definition) is 2. The first-order valence-electron chi connectivity index (χ1n) is 5.70. The zero-order chi connectivity index (χ0) is 9.97. The molecule has 0 bridgehead atoms. The molecule has 14 heavy (non-hydrogen) atoms. The molecule has 80 valence electrons. The summed E-state index contributed by atoms with van der Waals surface area (Å²) in [4.78, 5) is 13.7. The molecule has 3 heteroatoms. The van der Waals surface area contributed by atoms with Gasteiger partial charge in [0.15, 0.2) is 0 Å². The number of carbonyl (C=O) groups excluding carboxylic acids is 1. The summed E-state index contributed by atoms with van der Waals surface area (Å²) >= 11 is 0.